The minimum absolute atomic E-state index is 0.179. The van der Waals surface area contributed by atoms with Crippen LogP contribution in [0.4, 0.5) is 5.69 Å². The molecular weight excluding hydrogens is 230 g/mol. The van der Waals surface area contributed by atoms with Crippen molar-refractivity contribution in [3.8, 4) is 11.5 Å². The second-order valence-corrected chi connectivity index (χ2v) is 4.31. The zero-order valence-electron chi connectivity index (χ0n) is 10.4. The van der Waals surface area contributed by atoms with Crippen molar-refractivity contribution >= 4 is 5.69 Å². The van der Waals surface area contributed by atoms with Crippen molar-refractivity contribution in [3.05, 3.63) is 36.2 Å². The van der Waals surface area contributed by atoms with E-state index in [-0.39, 0.29) is 6.04 Å². The molecule has 3 rings (SSSR count). The number of anilines is 1. The van der Waals surface area contributed by atoms with Crippen molar-refractivity contribution in [2.45, 2.75) is 13.0 Å². The molecule has 1 aromatic heterocycles. The number of nitrogens with one attached hydrogen (secondary N) is 1. The minimum atomic E-state index is 0.179. The summed E-state index contributed by atoms with van der Waals surface area (Å²) in [7, 11) is 1.94. The third-order valence-electron chi connectivity index (χ3n) is 3.06. The topological polar surface area (TPSA) is 48.3 Å². The van der Waals surface area contributed by atoms with Crippen LogP contribution in [0.3, 0.4) is 0 Å². The van der Waals surface area contributed by atoms with Crippen LogP contribution < -0.4 is 14.8 Å². The van der Waals surface area contributed by atoms with Crippen molar-refractivity contribution in [2.75, 3.05) is 12.1 Å². The number of fused-ring (bicyclic) bond motifs is 1. The maximum Gasteiger partial charge on any atom is 0.231 e. The molecule has 1 atom stereocenters. The number of hydrogen-bond donors (Lipinski definition) is 1. The molecule has 0 saturated heterocycles. The molecule has 0 saturated carbocycles. The van der Waals surface area contributed by atoms with Crippen LogP contribution in [0.5, 0.6) is 11.5 Å². The third-order valence-corrected chi connectivity index (χ3v) is 3.06. The molecule has 5 heteroatoms. The first kappa shape index (κ1) is 11.0. The molecule has 0 radical (unpaired) electrons. The Hall–Kier alpha value is -2.17. The predicted octanol–water partition coefficient (Wildman–Crippen LogP) is 2.32. The molecule has 5 nitrogen and oxygen atoms in total. The van der Waals surface area contributed by atoms with Gasteiger partial charge in [0, 0.05) is 25.0 Å². The first-order chi connectivity index (χ1) is 8.74. The summed E-state index contributed by atoms with van der Waals surface area (Å²) in [5.41, 5.74) is 2.14. The fraction of sp³-hybridized carbons (Fsp3) is 0.308. The van der Waals surface area contributed by atoms with Crippen molar-refractivity contribution in [3.63, 3.8) is 0 Å². The molecule has 94 valence electrons. The lowest BCUT2D eigenvalue weighted by Gasteiger charge is -2.15. The van der Waals surface area contributed by atoms with Crippen LogP contribution in [0, 0.1) is 0 Å². The summed E-state index contributed by atoms with van der Waals surface area (Å²) >= 11 is 0. The number of rotatable bonds is 3. The smallest absolute Gasteiger partial charge is 0.231 e. The lowest BCUT2D eigenvalue weighted by molar-refractivity contribution is 0.174. The van der Waals surface area contributed by atoms with Gasteiger partial charge in [0.05, 0.1) is 11.7 Å². The minimum Gasteiger partial charge on any atom is -0.454 e. The lowest BCUT2D eigenvalue weighted by Crippen LogP contribution is -2.11. The number of ether oxygens (including phenoxy) is 2. The fourth-order valence-corrected chi connectivity index (χ4v) is 2.12. The normalized spacial score (nSPS) is 14.6. The Morgan fingerprint density at radius 2 is 2.11 bits per heavy atom. The zero-order valence-corrected chi connectivity index (χ0v) is 10.4. The molecule has 1 aliphatic rings. The van der Waals surface area contributed by atoms with Gasteiger partial charge >= 0.3 is 0 Å². The summed E-state index contributed by atoms with van der Waals surface area (Å²) in [4.78, 5) is 0. The quantitative estimate of drug-likeness (QED) is 0.901. The van der Waals surface area contributed by atoms with Gasteiger partial charge < -0.3 is 14.8 Å². The Bertz CT molecular complexity index is 565. The second-order valence-electron chi connectivity index (χ2n) is 4.31. The lowest BCUT2D eigenvalue weighted by atomic mass is 10.2. The Labute approximate surface area is 105 Å². The molecule has 0 fully saturated rings. The van der Waals surface area contributed by atoms with Gasteiger partial charge in [0.15, 0.2) is 11.5 Å². The highest BCUT2D eigenvalue weighted by molar-refractivity contribution is 5.56. The van der Waals surface area contributed by atoms with Gasteiger partial charge in [-0.25, -0.2) is 0 Å². The Morgan fingerprint density at radius 3 is 2.89 bits per heavy atom. The molecule has 1 N–H and O–H groups in total. The van der Waals surface area contributed by atoms with Crippen molar-refractivity contribution < 1.29 is 9.47 Å². The molecule has 1 aliphatic heterocycles. The maximum absolute atomic E-state index is 5.36. The van der Waals surface area contributed by atoms with E-state index in [1.54, 1.807) is 6.20 Å². The van der Waals surface area contributed by atoms with Crippen LogP contribution in [0.15, 0.2) is 30.5 Å². The summed E-state index contributed by atoms with van der Waals surface area (Å²) in [5.74, 6) is 1.59. The molecule has 0 aliphatic carbocycles. The van der Waals surface area contributed by atoms with Gasteiger partial charge in [-0.2, -0.15) is 5.10 Å². The number of benzene rings is 1. The van der Waals surface area contributed by atoms with Gasteiger partial charge in [0.1, 0.15) is 0 Å². The fourth-order valence-electron chi connectivity index (χ4n) is 2.12. The Balaban J connectivity index is 1.79. The molecule has 1 unspecified atom stereocenters. The van der Waals surface area contributed by atoms with E-state index in [2.05, 4.69) is 17.3 Å². The molecule has 0 amide bonds. The molecule has 1 aromatic carbocycles. The van der Waals surface area contributed by atoms with E-state index in [9.17, 15) is 0 Å². The van der Waals surface area contributed by atoms with Gasteiger partial charge in [-0.1, -0.05) is 0 Å². The van der Waals surface area contributed by atoms with E-state index < -0.39 is 0 Å². The van der Waals surface area contributed by atoms with E-state index in [1.807, 2.05) is 36.0 Å². The summed E-state index contributed by atoms with van der Waals surface area (Å²) in [6.07, 6.45) is 1.80. The van der Waals surface area contributed by atoms with E-state index >= 15 is 0 Å². The van der Waals surface area contributed by atoms with Crippen LogP contribution in [0.1, 0.15) is 18.7 Å². The van der Waals surface area contributed by atoms with E-state index in [1.165, 1.54) is 0 Å². The Kier molecular flexibility index (Phi) is 2.59. The first-order valence-electron chi connectivity index (χ1n) is 5.88. The number of aromatic nitrogens is 2. The molecule has 0 spiro atoms. The predicted molar refractivity (Wildman–Crippen MR) is 67.8 cm³/mol. The van der Waals surface area contributed by atoms with Crippen LogP contribution in [0.25, 0.3) is 0 Å². The molecule has 2 heterocycles. The monoisotopic (exact) mass is 245 g/mol. The van der Waals surface area contributed by atoms with Gasteiger partial charge in [0.2, 0.25) is 6.79 Å². The average Bonchev–Trinajstić information content (AvgIpc) is 2.96. The van der Waals surface area contributed by atoms with Gasteiger partial charge in [0.25, 0.3) is 0 Å². The van der Waals surface area contributed by atoms with Gasteiger partial charge in [-0.3, -0.25) is 4.68 Å². The highest BCUT2D eigenvalue weighted by Crippen LogP contribution is 2.35. The summed E-state index contributed by atoms with van der Waals surface area (Å²) < 4.78 is 12.5. The highest BCUT2D eigenvalue weighted by atomic mass is 16.7. The van der Waals surface area contributed by atoms with E-state index in [0.29, 0.717) is 6.79 Å². The van der Waals surface area contributed by atoms with Gasteiger partial charge in [-0.05, 0) is 25.1 Å². The summed E-state index contributed by atoms with van der Waals surface area (Å²) in [6.45, 7) is 2.40. The highest BCUT2D eigenvalue weighted by Gasteiger charge is 2.15. The van der Waals surface area contributed by atoms with Crippen LogP contribution in [0.2, 0.25) is 0 Å². The second kappa shape index (κ2) is 4.25. The van der Waals surface area contributed by atoms with Crippen LogP contribution in [-0.2, 0) is 7.05 Å². The van der Waals surface area contributed by atoms with Crippen molar-refractivity contribution in [2.24, 2.45) is 7.05 Å². The number of nitrogens with zero attached hydrogens (tertiary/aromatic N) is 2. The van der Waals surface area contributed by atoms with E-state index in [4.69, 9.17) is 9.47 Å². The largest absolute Gasteiger partial charge is 0.454 e. The SMILES string of the molecule is CC(Nc1ccc2c(c1)OCO2)c1ccnn1C. The van der Waals surface area contributed by atoms with Crippen LogP contribution >= 0.6 is 0 Å². The molecular formula is C13H15N3O2. The number of aryl methyl sites for hydroxylation is 1. The Morgan fingerprint density at radius 1 is 1.28 bits per heavy atom. The van der Waals surface area contributed by atoms with Crippen molar-refractivity contribution in [1.29, 1.82) is 0 Å². The molecule has 18 heavy (non-hydrogen) atoms. The third kappa shape index (κ3) is 1.88. The number of hydrogen-bond acceptors (Lipinski definition) is 4. The van der Waals surface area contributed by atoms with E-state index in [0.717, 1.165) is 22.9 Å². The zero-order chi connectivity index (χ0) is 12.5. The summed E-state index contributed by atoms with van der Waals surface area (Å²) in [6, 6.07) is 8.04. The summed E-state index contributed by atoms with van der Waals surface area (Å²) in [5, 5.41) is 7.59. The molecule has 2 aromatic rings. The first-order valence-corrected chi connectivity index (χ1v) is 5.88. The standard InChI is InChI=1S/C13H15N3O2/c1-9(11-5-6-14-16(11)2)15-10-3-4-12-13(7-10)18-8-17-12/h3-7,9,15H,8H2,1-2H3. The van der Waals surface area contributed by atoms with Gasteiger partial charge in [-0.15, -0.1) is 0 Å². The van der Waals surface area contributed by atoms with Crippen LogP contribution in [-0.4, -0.2) is 16.6 Å². The molecule has 0 bridgehead atoms. The average molecular weight is 245 g/mol. The maximum atomic E-state index is 5.36. The van der Waals surface area contributed by atoms with Crippen molar-refractivity contribution in [1.82, 2.24) is 9.78 Å².